The van der Waals surface area contributed by atoms with E-state index in [-0.39, 0.29) is 0 Å². The van der Waals surface area contributed by atoms with Gasteiger partial charge in [0, 0.05) is 18.4 Å². The summed E-state index contributed by atoms with van der Waals surface area (Å²) in [5.74, 6) is 0.454. The fraction of sp³-hybridized carbons (Fsp3) is 0.273. The minimum atomic E-state index is 0.454. The van der Waals surface area contributed by atoms with Gasteiger partial charge in [0.05, 0.1) is 11.4 Å². The average molecular weight is 361 g/mol. The highest BCUT2D eigenvalue weighted by Crippen LogP contribution is 2.15. The van der Waals surface area contributed by atoms with Gasteiger partial charge in [0.2, 0.25) is 0 Å². The smallest absolute Gasteiger partial charge is 0.193 e. The van der Waals surface area contributed by atoms with Crippen molar-refractivity contribution in [3.8, 4) is 5.69 Å². The molecule has 3 rings (SSSR count). The van der Waals surface area contributed by atoms with Gasteiger partial charge in [0.25, 0.3) is 0 Å². The number of aromatic nitrogens is 2. The van der Waals surface area contributed by atoms with Gasteiger partial charge in [-0.1, -0.05) is 24.3 Å². The number of hydrogen-bond donors (Lipinski definition) is 2. The van der Waals surface area contributed by atoms with Crippen LogP contribution < -0.4 is 11.1 Å². The van der Waals surface area contributed by atoms with Crippen LogP contribution in [0.25, 0.3) is 5.69 Å². The van der Waals surface area contributed by atoms with E-state index >= 15 is 0 Å². The number of guanidine groups is 1. The van der Waals surface area contributed by atoms with Crippen LogP contribution in [0, 0.1) is 20.8 Å². The van der Waals surface area contributed by atoms with Gasteiger partial charge < -0.3 is 11.1 Å². The van der Waals surface area contributed by atoms with Crippen molar-refractivity contribution in [2.24, 2.45) is 10.7 Å². The van der Waals surface area contributed by atoms with Crippen LogP contribution in [0.3, 0.4) is 0 Å². The van der Waals surface area contributed by atoms with Crippen LogP contribution in [0.15, 0.2) is 59.7 Å². The first-order valence-electron chi connectivity index (χ1n) is 9.27. The van der Waals surface area contributed by atoms with Crippen LogP contribution in [-0.4, -0.2) is 22.3 Å². The number of nitrogens with zero attached hydrogens (tertiary/aromatic N) is 3. The molecule has 27 heavy (non-hydrogen) atoms. The highest BCUT2D eigenvalue weighted by molar-refractivity contribution is 5.92. The van der Waals surface area contributed by atoms with Crippen LogP contribution in [0.4, 0.5) is 5.69 Å². The van der Waals surface area contributed by atoms with E-state index in [2.05, 4.69) is 59.7 Å². The summed E-state index contributed by atoms with van der Waals surface area (Å²) in [7, 11) is 0. The number of benzene rings is 2. The Hall–Kier alpha value is -3.08. The van der Waals surface area contributed by atoms with Crippen LogP contribution >= 0.6 is 0 Å². The molecular formula is C22H27N5. The van der Waals surface area contributed by atoms with Crippen molar-refractivity contribution in [3.63, 3.8) is 0 Å². The van der Waals surface area contributed by atoms with E-state index in [1.807, 2.05) is 35.9 Å². The number of anilines is 1. The molecule has 3 N–H and O–H groups in total. The molecule has 0 fully saturated rings. The summed E-state index contributed by atoms with van der Waals surface area (Å²) < 4.78 is 1.93. The Labute approximate surface area is 160 Å². The lowest BCUT2D eigenvalue weighted by molar-refractivity contribution is 0.827. The van der Waals surface area contributed by atoms with E-state index in [9.17, 15) is 0 Å². The van der Waals surface area contributed by atoms with Crippen LogP contribution in [0.1, 0.15) is 28.8 Å². The number of aliphatic imine (C=N–C) groups is 1. The third-order valence-electron chi connectivity index (χ3n) is 4.69. The third-order valence-corrected chi connectivity index (χ3v) is 4.69. The second-order valence-electron chi connectivity index (χ2n) is 6.81. The Morgan fingerprint density at radius 2 is 1.85 bits per heavy atom. The first kappa shape index (κ1) is 18.7. The van der Waals surface area contributed by atoms with Gasteiger partial charge in [-0.25, -0.2) is 4.68 Å². The van der Waals surface area contributed by atoms with Crippen molar-refractivity contribution in [1.29, 1.82) is 0 Å². The van der Waals surface area contributed by atoms with Crippen molar-refractivity contribution in [2.75, 3.05) is 11.9 Å². The highest BCUT2D eigenvalue weighted by atomic mass is 15.3. The van der Waals surface area contributed by atoms with Gasteiger partial charge in [-0.05, 0) is 74.6 Å². The lowest BCUT2D eigenvalue weighted by Crippen LogP contribution is -2.23. The summed E-state index contributed by atoms with van der Waals surface area (Å²) >= 11 is 0. The molecule has 3 aromatic rings. The molecule has 2 aromatic carbocycles. The van der Waals surface area contributed by atoms with Crippen molar-refractivity contribution >= 4 is 11.6 Å². The molecule has 0 radical (unpaired) electrons. The Kier molecular flexibility index (Phi) is 5.91. The van der Waals surface area contributed by atoms with Gasteiger partial charge >= 0.3 is 0 Å². The van der Waals surface area contributed by atoms with E-state index in [0.29, 0.717) is 12.5 Å². The van der Waals surface area contributed by atoms with Gasteiger partial charge in [-0.3, -0.25) is 4.99 Å². The second kappa shape index (κ2) is 8.54. The Morgan fingerprint density at radius 3 is 2.59 bits per heavy atom. The molecule has 0 saturated carbocycles. The molecule has 0 aliphatic carbocycles. The van der Waals surface area contributed by atoms with Gasteiger partial charge in [0.15, 0.2) is 5.96 Å². The molecule has 0 amide bonds. The van der Waals surface area contributed by atoms with Crippen molar-refractivity contribution < 1.29 is 0 Å². The number of nitrogens with two attached hydrogens (primary N) is 1. The second-order valence-corrected chi connectivity index (χ2v) is 6.81. The summed E-state index contributed by atoms with van der Waals surface area (Å²) in [6, 6.07) is 16.3. The molecule has 1 heterocycles. The van der Waals surface area contributed by atoms with Crippen molar-refractivity contribution in [1.82, 2.24) is 9.78 Å². The van der Waals surface area contributed by atoms with Crippen LogP contribution in [-0.2, 0) is 6.42 Å². The molecule has 1 aromatic heterocycles. The normalized spacial score (nSPS) is 11.6. The minimum Gasteiger partial charge on any atom is -0.370 e. The summed E-state index contributed by atoms with van der Waals surface area (Å²) in [4.78, 5) is 4.44. The van der Waals surface area contributed by atoms with E-state index < -0.39 is 0 Å². The van der Waals surface area contributed by atoms with Crippen molar-refractivity contribution in [3.05, 3.63) is 77.1 Å². The highest BCUT2D eigenvalue weighted by Gasteiger charge is 2.06. The molecule has 0 bridgehead atoms. The zero-order chi connectivity index (χ0) is 19.2. The minimum absolute atomic E-state index is 0.454. The first-order valence-corrected chi connectivity index (χ1v) is 9.27. The largest absolute Gasteiger partial charge is 0.370 e. The Balaban J connectivity index is 1.53. The first-order chi connectivity index (χ1) is 13.0. The molecular weight excluding hydrogens is 334 g/mol. The fourth-order valence-corrected chi connectivity index (χ4v) is 2.93. The Bertz CT molecular complexity index is 925. The molecule has 0 unspecified atom stereocenters. The third kappa shape index (κ3) is 4.97. The summed E-state index contributed by atoms with van der Waals surface area (Å²) in [5, 5.41) is 7.77. The lowest BCUT2D eigenvalue weighted by atomic mass is 10.1. The lowest BCUT2D eigenvalue weighted by Gasteiger charge is -2.08. The number of para-hydroxylation sites is 1. The molecule has 0 aliphatic rings. The van der Waals surface area contributed by atoms with Gasteiger partial charge in [-0.2, -0.15) is 5.10 Å². The van der Waals surface area contributed by atoms with E-state index in [0.717, 1.165) is 29.9 Å². The number of hydrogen-bond acceptors (Lipinski definition) is 2. The Morgan fingerprint density at radius 1 is 1.07 bits per heavy atom. The zero-order valence-corrected chi connectivity index (χ0v) is 16.2. The zero-order valence-electron chi connectivity index (χ0n) is 16.2. The number of rotatable bonds is 6. The maximum absolute atomic E-state index is 6.01. The topological polar surface area (TPSA) is 68.2 Å². The number of nitrogens with one attached hydrogen (secondary N) is 1. The summed E-state index contributed by atoms with van der Waals surface area (Å²) in [6.45, 7) is 6.91. The van der Waals surface area contributed by atoms with Crippen molar-refractivity contribution in [2.45, 2.75) is 33.6 Å². The summed E-state index contributed by atoms with van der Waals surface area (Å²) in [5.41, 5.74) is 12.9. The molecule has 140 valence electrons. The van der Waals surface area contributed by atoms with Gasteiger partial charge in [0.1, 0.15) is 0 Å². The molecule has 0 atom stereocenters. The average Bonchev–Trinajstić information content (AvgIpc) is 3.03. The standard InChI is InChI=1S/C22H27N5/c1-16-11-12-20(14-17(16)2)25-22(23)24-13-7-8-19-15-27(26-18(19)3)21-9-5-4-6-10-21/h4-6,9-12,14-15H,7-8,13H2,1-3H3,(H3,23,24,25). The van der Waals surface area contributed by atoms with Gasteiger partial charge in [-0.15, -0.1) is 0 Å². The van der Waals surface area contributed by atoms with Crippen LogP contribution in [0.2, 0.25) is 0 Å². The maximum Gasteiger partial charge on any atom is 0.193 e. The van der Waals surface area contributed by atoms with Crippen LogP contribution in [0.5, 0.6) is 0 Å². The molecule has 5 nitrogen and oxygen atoms in total. The van der Waals surface area contributed by atoms with E-state index in [4.69, 9.17) is 5.73 Å². The van der Waals surface area contributed by atoms with E-state index in [1.165, 1.54) is 16.7 Å². The predicted octanol–water partition coefficient (Wildman–Crippen LogP) is 4.16. The number of aryl methyl sites for hydroxylation is 4. The molecule has 5 heteroatoms. The molecule has 0 aliphatic heterocycles. The SMILES string of the molecule is Cc1ccc(NC(N)=NCCCc2cn(-c3ccccc3)nc2C)cc1C. The molecule has 0 saturated heterocycles. The maximum atomic E-state index is 6.01. The molecule has 0 spiro atoms. The quantitative estimate of drug-likeness (QED) is 0.393. The summed E-state index contributed by atoms with van der Waals surface area (Å²) in [6.07, 6.45) is 3.96. The monoisotopic (exact) mass is 361 g/mol. The van der Waals surface area contributed by atoms with E-state index in [1.54, 1.807) is 0 Å². The fourth-order valence-electron chi connectivity index (χ4n) is 2.93. The predicted molar refractivity (Wildman–Crippen MR) is 113 cm³/mol.